The first-order valence-corrected chi connectivity index (χ1v) is 8.84. The van der Waals surface area contributed by atoms with Crippen LogP contribution in [0.15, 0.2) is 47.6 Å². The van der Waals surface area contributed by atoms with E-state index in [1.165, 1.54) is 16.8 Å². The number of hydrogen-bond acceptors (Lipinski definition) is 4. The van der Waals surface area contributed by atoms with Crippen LogP contribution in [0.1, 0.15) is 19.4 Å². The molecular weight excluding hydrogens is 321 g/mol. The summed E-state index contributed by atoms with van der Waals surface area (Å²) in [5.41, 5.74) is 0. The summed E-state index contributed by atoms with van der Waals surface area (Å²) < 4.78 is 38.6. The number of hydrogen-bond donors (Lipinski definition) is 1. The van der Waals surface area contributed by atoms with E-state index >= 15 is 0 Å². The first-order chi connectivity index (χ1) is 10.9. The van der Waals surface area contributed by atoms with E-state index in [0.29, 0.717) is 6.42 Å². The molecule has 0 bridgehead atoms. The van der Waals surface area contributed by atoms with Gasteiger partial charge in [0.05, 0.1) is 10.6 Å². The molecule has 1 aromatic carbocycles. The number of nitrogens with one attached hydrogen (secondary N) is 1. The zero-order chi connectivity index (χ0) is 16.9. The summed E-state index contributed by atoms with van der Waals surface area (Å²) >= 11 is 0. The van der Waals surface area contributed by atoms with E-state index in [1.807, 2.05) is 6.92 Å². The average molecular weight is 339 g/mol. The smallest absolute Gasteiger partial charge is 0.244 e. The summed E-state index contributed by atoms with van der Waals surface area (Å²) in [7, 11) is -3.56. The molecular formula is C15H18FN3O3S. The van der Waals surface area contributed by atoms with Gasteiger partial charge in [0, 0.05) is 18.9 Å². The Kier molecular flexibility index (Phi) is 5.49. The van der Waals surface area contributed by atoms with Gasteiger partial charge < -0.3 is 5.32 Å². The minimum atomic E-state index is -3.56. The fourth-order valence-electron chi connectivity index (χ4n) is 2.14. The number of halogens is 1. The van der Waals surface area contributed by atoms with Crippen LogP contribution in [0, 0.1) is 5.82 Å². The number of rotatable bonds is 7. The minimum absolute atomic E-state index is 0.0175. The fraction of sp³-hybridized carbons (Fsp3) is 0.333. The standard InChI is InChI=1S/C15H18FN3O3S/c1-2-14(19-10-3-8-18-19)15(20)17-9-11-23(21,22)13-6-4-12(16)5-7-13/h3-8,10,14H,2,9,11H2,1H3,(H,17,20)/t14-/m1/s1. The van der Waals surface area contributed by atoms with Crippen LogP contribution in [0.5, 0.6) is 0 Å². The quantitative estimate of drug-likeness (QED) is 0.776. The third kappa shape index (κ3) is 4.38. The van der Waals surface area contributed by atoms with Crippen LogP contribution in [0.4, 0.5) is 4.39 Å². The second-order valence-electron chi connectivity index (χ2n) is 4.97. The van der Waals surface area contributed by atoms with Crippen molar-refractivity contribution in [2.24, 2.45) is 0 Å². The lowest BCUT2D eigenvalue weighted by Crippen LogP contribution is -2.35. The van der Waals surface area contributed by atoms with E-state index in [1.54, 1.807) is 18.5 Å². The van der Waals surface area contributed by atoms with Crippen molar-refractivity contribution in [3.05, 3.63) is 48.5 Å². The molecule has 2 rings (SSSR count). The lowest BCUT2D eigenvalue weighted by Gasteiger charge is -2.15. The molecule has 1 aromatic heterocycles. The van der Waals surface area contributed by atoms with E-state index in [9.17, 15) is 17.6 Å². The monoisotopic (exact) mass is 339 g/mol. The third-order valence-electron chi connectivity index (χ3n) is 3.38. The summed E-state index contributed by atoms with van der Waals surface area (Å²) in [4.78, 5) is 12.2. The maximum atomic E-state index is 12.8. The number of amides is 1. The summed E-state index contributed by atoms with van der Waals surface area (Å²) in [6, 6.07) is 5.86. The lowest BCUT2D eigenvalue weighted by atomic mass is 10.2. The normalized spacial score (nSPS) is 12.8. The average Bonchev–Trinajstić information content (AvgIpc) is 3.02. The van der Waals surface area contributed by atoms with Gasteiger partial charge in [-0.3, -0.25) is 9.48 Å². The van der Waals surface area contributed by atoms with Crippen molar-refractivity contribution in [3.63, 3.8) is 0 Å². The molecule has 0 unspecified atom stereocenters. The van der Waals surface area contributed by atoms with Gasteiger partial charge in [0.1, 0.15) is 11.9 Å². The maximum Gasteiger partial charge on any atom is 0.244 e. The molecule has 8 heteroatoms. The molecule has 0 fully saturated rings. The number of sulfone groups is 1. The number of carbonyl (C=O) groups excluding carboxylic acids is 1. The summed E-state index contributed by atoms with van der Waals surface area (Å²) in [6.45, 7) is 1.83. The molecule has 0 radical (unpaired) electrons. The Hall–Kier alpha value is -2.22. The van der Waals surface area contributed by atoms with Gasteiger partial charge in [-0.05, 0) is 36.8 Å². The molecule has 0 spiro atoms. The second-order valence-corrected chi connectivity index (χ2v) is 7.08. The molecule has 6 nitrogen and oxygen atoms in total. The summed E-state index contributed by atoms with van der Waals surface area (Å²) in [5, 5.41) is 6.63. The van der Waals surface area contributed by atoms with E-state index in [4.69, 9.17) is 0 Å². The minimum Gasteiger partial charge on any atom is -0.353 e. The summed E-state index contributed by atoms with van der Waals surface area (Å²) in [5.74, 6) is -1.03. The van der Waals surface area contributed by atoms with Crippen molar-refractivity contribution in [2.75, 3.05) is 12.3 Å². The molecule has 1 heterocycles. The first kappa shape index (κ1) is 17.1. The fourth-order valence-corrected chi connectivity index (χ4v) is 3.30. The number of nitrogens with zero attached hydrogens (tertiary/aromatic N) is 2. The zero-order valence-corrected chi connectivity index (χ0v) is 13.5. The van der Waals surface area contributed by atoms with Crippen molar-refractivity contribution in [1.82, 2.24) is 15.1 Å². The number of benzene rings is 1. The van der Waals surface area contributed by atoms with E-state index in [0.717, 1.165) is 12.1 Å². The van der Waals surface area contributed by atoms with Gasteiger partial charge in [-0.15, -0.1) is 0 Å². The molecule has 2 aromatic rings. The van der Waals surface area contributed by atoms with E-state index in [2.05, 4.69) is 10.4 Å². The van der Waals surface area contributed by atoms with Crippen molar-refractivity contribution in [3.8, 4) is 0 Å². The van der Waals surface area contributed by atoms with Crippen molar-refractivity contribution in [1.29, 1.82) is 0 Å². The van der Waals surface area contributed by atoms with Crippen LogP contribution in [0.2, 0.25) is 0 Å². The van der Waals surface area contributed by atoms with Gasteiger partial charge in [0.2, 0.25) is 5.91 Å². The second kappa shape index (κ2) is 7.36. The Labute approximate surface area is 134 Å². The Morgan fingerprint density at radius 2 is 2.04 bits per heavy atom. The zero-order valence-electron chi connectivity index (χ0n) is 12.6. The summed E-state index contributed by atoms with van der Waals surface area (Å²) in [6.07, 6.45) is 3.80. The van der Waals surface area contributed by atoms with Gasteiger partial charge in [0.15, 0.2) is 9.84 Å². The number of aromatic nitrogens is 2. The van der Waals surface area contributed by atoms with Crippen LogP contribution in [-0.4, -0.2) is 36.4 Å². The van der Waals surface area contributed by atoms with Crippen LogP contribution in [0.25, 0.3) is 0 Å². The highest BCUT2D eigenvalue weighted by Crippen LogP contribution is 2.12. The van der Waals surface area contributed by atoms with Gasteiger partial charge in [0.25, 0.3) is 0 Å². The molecule has 0 aliphatic rings. The number of carbonyl (C=O) groups is 1. The molecule has 124 valence electrons. The van der Waals surface area contributed by atoms with Gasteiger partial charge in [-0.2, -0.15) is 5.10 Å². The van der Waals surface area contributed by atoms with Crippen LogP contribution in [0.3, 0.4) is 0 Å². The topological polar surface area (TPSA) is 81.1 Å². The Morgan fingerprint density at radius 1 is 1.35 bits per heavy atom. The Bertz CT molecular complexity index is 743. The molecule has 0 aliphatic heterocycles. The molecule has 1 N–H and O–H groups in total. The van der Waals surface area contributed by atoms with Crippen molar-refractivity contribution < 1.29 is 17.6 Å². The highest BCUT2D eigenvalue weighted by Gasteiger charge is 2.20. The predicted octanol–water partition coefficient (Wildman–Crippen LogP) is 1.56. The SMILES string of the molecule is CC[C@H](C(=O)NCCS(=O)(=O)c1ccc(F)cc1)n1cccn1. The highest BCUT2D eigenvalue weighted by molar-refractivity contribution is 7.91. The molecule has 0 saturated heterocycles. The molecule has 0 saturated carbocycles. The third-order valence-corrected chi connectivity index (χ3v) is 5.11. The molecule has 0 aliphatic carbocycles. The highest BCUT2D eigenvalue weighted by atomic mass is 32.2. The van der Waals surface area contributed by atoms with Crippen molar-refractivity contribution >= 4 is 15.7 Å². The lowest BCUT2D eigenvalue weighted by molar-refractivity contribution is -0.124. The van der Waals surface area contributed by atoms with Gasteiger partial charge >= 0.3 is 0 Å². The first-order valence-electron chi connectivity index (χ1n) is 7.19. The van der Waals surface area contributed by atoms with E-state index < -0.39 is 21.7 Å². The van der Waals surface area contributed by atoms with Crippen LogP contribution >= 0.6 is 0 Å². The Morgan fingerprint density at radius 3 is 2.61 bits per heavy atom. The van der Waals surface area contributed by atoms with Crippen LogP contribution in [-0.2, 0) is 14.6 Å². The van der Waals surface area contributed by atoms with Crippen LogP contribution < -0.4 is 5.32 Å². The largest absolute Gasteiger partial charge is 0.353 e. The van der Waals surface area contributed by atoms with E-state index in [-0.39, 0.29) is 23.1 Å². The van der Waals surface area contributed by atoms with Gasteiger partial charge in [-0.25, -0.2) is 12.8 Å². The molecule has 1 amide bonds. The molecule has 1 atom stereocenters. The predicted molar refractivity (Wildman–Crippen MR) is 83.0 cm³/mol. The maximum absolute atomic E-state index is 12.8. The van der Waals surface area contributed by atoms with Crippen molar-refractivity contribution in [2.45, 2.75) is 24.3 Å². The Balaban J connectivity index is 1.93. The van der Waals surface area contributed by atoms with Gasteiger partial charge in [-0.1, -0.05) is 6.92 Å². The molecule has 23 heavy (non-hydrogen) atoms.